The number of rotatable bonds is 4. The second-order valence-electron chi connectivity index (χ2n) is 4.43. The number of ketones is 1. The first-order valence-electron chi connectivity index (χ1n) is 6.36. The first kappa shape index (κ1) is 12.5. The number of carbonyl (C=O) groups is 1. The predicted molar refractivity (Wildman–Crippen MR) is 74.1 cm³/mol. The summed E-state index contributed by atoms with van der Waals surface area (Å²) in [6, 6.07) is 7.20. The average Bonchev–Trinajstić information content (AvgIpc) is 3.11. The zero-order valence-corrected chi connectivity index (χ0v) is 11.3. The monoisotopic (exact) mass is 270 g/mol. The Kier molecular flexibility index (Phi) is 3.02. The van der Waals surface area contributed by atoms with Gasteiger partial charge in [-0.3, -0.25) is 9.48 Å². The number of aromatic nitrogens is 2. The third-order valence-corrected chi connectivity index (χ3v) is 3.17. The van der Waals surface area contributed by atoms with Gasteiger partial charge in [-0.15, -0.1) is 0 Å². The molecule has 0 saturated heterocycles. The summed E-state index contributed by atoms with van der Waals surface area (Å²) < 4.78 is 12.4. The Balaban J connectivity index is 1.98. The number of fused-ring (bicyclic) bond motifs is 1. The molecule has 102 valence electrons. The molecule has 0 bridgehead atoms. The van der Waals surface area contributed by atoms with Gasteiger partial charge in [0.2, 0.25) is 5.78 Å². The highest BCUT2D eigenvalue weighted by atomic mass is 16.5. The molecule has 0 spiro atoms. The maximum atomic E-state index is 12.3. The molecule has 3 rings (SSSR count). The van der Waals surface area contributed by atoms with E-state index in [4.69, 9.17) is 9.15 Å². The summed E-state index contributed by atoms with van der Waals surface area (Å²) >= 11 is 0. The van der Waals surface area contributed by atoms with Gasteiger partial charge in [-0.1, -0.05) is 0 Å². The van der Waals surface area contributed by atoms with Crippen molar-refractivity contribution in [2.75, 3.05) is 7.11 Å². The number of nitrogens with zero attached hydrogens (tertiary/aromatic N) is 2. The number of benzene rings is 1. The lowest BCUT2D eigenvalue weighted by molar-refractivity contribution is 0.101. The topological polar surface area (TPSA) is 57.3 Å². The summed E-state index contributed by atoms with van der Waals surface area (Å²) in [7, 11) is 1.59. The van der Waals surface area contributed by atoms with Crippen molar-refractivity contribution in [2.24, 2.45) is 0 Å². The van der Waals surface area contributed by atoms with E-state index < -0.39 is 0 Å². The first-order valence-corrected chi connectivity index (χ1v) is 6.36. The molecule has 0 fully saturated rings. The van der Waals surface area contributed by atoms with Crippen LogP contribution in [0.1, 0.15) is 23.0 Å². The number of methoxy groups -OCH3 is 1. The number of hydrogen-bond acceptors (Lipinski definition) is 4. The summed E-state index contributed by atoms with van der Waals surface area (Å²) in [5.74, 6) is 0.841. The van der Waals surface area contributed by atoms with Crippen molar-refractivity contribution in [3.8, 4) is 5.75 Å². The molecule has 0 atom stereocenters. The molecule has 5 heteroatoms. The summed E-state index contributed by atoms with van der Waals surface area (Å²) in [6.07, 6.45) is 3.27. The average molecular weight is 270 g/mol. The van der Waals surface area contributed by atoms with Gasteiger partial charge >= 0.3 is 0 Å². The summed E-state index contributed by atoms with van der Waals surface area (Å²) in [6.45, 7) is 2.69. The maximum absolute atomic E-state index is 12.3. The Morgan fingerprint density at radius 2 is 2.25 bits per heavy atom. The number of carbonyl (C=O) groups excluding carboxylic acids is 1. The third-order valence-electron chi connectivity index (χ3n) is 3.17. The quantitative estimate of drug-likeness (QED) is 0.684. The van der Waals surface area contributed by atoms with Crippen LogP contribution in [0, 0.1) is 0 Å². The lowest BCUT2D eigenvalue weighted by Crippen LogP contribution is -1.98. The molecule has 5 nitrogen and oxygen atoms in total. The highest BCUT2D eigenvalue weighted by Gasteiger charge is 2.16. The Morgan fingerprint density at radius 1 is 1.40 bits per heavy atom. The van der Waals surface area contributed by atoms with Gasteiger partial charge in [0.15, 0.2) is 5.76 Å². The van der Waals surface area contributed by atoms with Gasteiger partial charge in [0.05, 0.1) is 18.9 Å². The van der Waals surface area contributed by atoms with Crippen LogP contribution in [-0.4, -0.2) is 22.7 Å². The molecule has 2 aromatic heterocycles. The molecule has 0 radical (unpaired) electrons. The summed E-state index contributed by atoms with van der Waals surface area (Å²) in [5, 5.41) is 4.97. The van der Waals surface area contributed by atoms with Crippen molar-refractivity contribution in [3.63, 3.8) is 0 Å². The second kappa shape index (κ2) is 4.85. The van der Waals surface area contributed by atoms with Crippen molar-refractivity contribution in [1.29, 1.82) is 0 Å². The van der Waals surface area contributed by atoms with Crippen LogP contribution < -0.4 is 4.74 Å². The van der Waals surface area contributed by atoms with E-state index >= 15 is 0 Å². The van der Waals surface area contributed by atoms with E-state index in [0.29, 0.717) is 22.7 Å². The normalized spacial score (nSPS) is 10.9. The number of furan rings is 1. The molecule has 1 aromatic carbocycles. The van der Waals surface area contributed by atoms with E-state index in [9.17, 15) is 4.79 Å². The molecule has 0 aliphatic carbocycles. The standard InChI is InChI=1S/C15H14N2O3/c1-3-17-9-11(8-16-17)15(18)14-6-10-4-5-12(19-2)7-13(10)20-14/h4-9H,3H2,1-2H3. The van der Waals surface area contributed by atoms with E-state index in [0.717, 1.165) is 11.9 Å². The molecule has 3 aromatic rings. The highest BCUT2D eigenvalue weighted by molar-refractivity contribution is 6.08. The fraction of sp³-hybridized carbons (Fsp3) is 0.200. The zero-order chi connectivity index (χ0) is 14.1. The molecule has 0 amide bonds. The molecular weight excluding hydrogens is 256 g/mol. The Bertz CT molecular complexity index is 770. The van der Waals surface area contributed by atoms with Gasteiger partial charge in [0.1, 0.15) is 11.3 Å². The van der Waals surface area contributed by atoms with Crippen molar-refractivity contribution < 1.29 is 13.9 Å². The van der Waals surface area contributed by atoms with Crippen LogP contribution >= 0.6 is 0 Å². The van der Waals surface area contributed by atoms with Crippen molar-refractivity contribution >= 4 is 16.8 Å². The molecular formula is C15H14N2O3. The molecule has 0 N–H and O–H groups in total. The molecule has 0 aliphatic rings. The molecule has 2 heterocycles. The fourth-order valence-corrected chi connectivity index (χ4v) is 2.05. The second-order valence-corrected chi connectivity index (χ2v) is 4.43. The Labute approximate surface area is 115 Å². The van der Waals surface area contributed by atoms with Gasteiger partial charge in [0.25, 0.3) is 0 Å². The third kappa shape index (κ3) is 2.07. The summed E-state index contributed by atoms with van der Waals surface area (Å²) in [4.78, 5) is 12.3. The van der Waals surface area contributed by atoms with Gasteiger partial charge in [0, 0.05) is 24.2 Å². The van der Waals surface area contributed by atoms with Crippen LogP contribution in [0.15, 0.2) is 41.1 Å². The zero-order valence-electron chi connectivity index (χ0n) is 11.3. The lowest BCUT2D eigenvalue weighted by Gasteiger charge is -1.96. The number of hydrogen-bond donors (Lipinski definition) is 0. The molecule has 0 unspecified atom stereocenters. The van der Waals surface area contributed by atoms with Gasteiger partial charge in [-0.05, 0) is 25.1 Å². The van der Waals surface area contributed by atoms with E-state index in [-0.39, 0.29) is 5.78 Å². The Morgan fingerprint density at radius 3 is 2.95 bits per heavy atom. The number of aryl methyl sites for hydroxylation is 1. The van der Waals surface area contributed by atoms with Crippen LogP contribution in [0.5, 0.6) is 5.75 Å². The van der Waals surface area contributed by atoms with Crippen LogP contribution in [0.3, 0.4) is 0 Å². The fourth-order valence-electron chi connectivity index (χ4n) is 2.05. The van der Waals surface area contributed by atoms with Crippen molar-refractivity contribution in [3.05, 3.63) is 48.0 Å². The molecule has 0 saturated carbocycles. The minimum absolute atomic E-state index is 0.167. The summed E-state index contributed by atoms with van der Waals surface area (Å²) in [5.41, 5.74) is 1.16. The maximum Gasteiger partial charge on any atom is 0.231 e. The van der Waals surface area contributed by atoms with Gasteiger partial charge in [-0.25, -0.2) is 0 Å². The van der Waals surface area contributed by atoms with Gasteiger partial charge in [-0.2, -0.15) is 5.10 Å². The van der Waals surface area contributed by atoms with Crippen LogP contribution in [0.25, 0.3) is 11.0 Å². The van der Waals surface area contributed by atoms with Crippen LogP contribution in [0.4, 0.5) is 0 Å². The number of ether oxygens (including phenoxy) is 1. The van der Waals surface area contributed by atoms with E-state index in [1.165, 1.54) is 0 Å². The highest BCUT2D eigenvalue weighted by Crippen LogP contribution is 2.25. The van der Waals surface area contributed by atoms with Crippen molar-refractivity contribution in [1.82, 2.24) is 9.78 Å². The first-order chi connectivity index (χ1) is 9.71. The SMILES string of the molecule is CCn1cc(C(=O)c2cc3ccc(OC)cc3o2)cn1. The predicted octanol–water partition coefficient (Wildman–Crippen LogP) is 2.89. The Hall–Kier alpha value is -2.56. The van der Waals surface area contributed by atoms with E-state index in [1.807, 2.05) is 19.1 Å². The largest absolute Gasteiger partial charge is 0.497 e. The van der Waals surface area contributed by atoms with Crippen LogP contribution in [0.2, 0.25) is 0 Å². The smallest absolute Gasteiger partial charge is 0.231 e. The van der Waals surface area contributed by atoms with E-state index in [2.05, 4.69) is 5.10 Å². The van der Waals surface area contributed by atoms with Crippen LogP contribution in [-0.2, 0) is 6.54 Å². The lowest BCUT2D eigenvalue weighted by atomic mass is 10.1. The van der Waals surface area contributed by atoms with Gasteiger partial charge < -0.3 is 9.15 Å². The minimum atomic E-state index is -0.167. The minimum Gasteiger partial charge on any atom is -0.497 e. The van der Waals surface area contributed by atoms with E-state index in [1.54, 1.807) is 36.3 Å². The van der Waals surface area contributed by atoms with Crippen molar-refractivity contribution in [2.45, 2.75) is 13.5 Å². The molecule has 20 heavy (non-hydrogen) atoms. The molecule has 0 aliphatic heterocycles.